The Morgan fingerprint density at radius 2 is 1.70 bits per heavy atom. The molecule has 0 saturated heterocycles. The summed E-state index contributed by atoms with van der Waals surface area (Å²) in [7, 11) is 0. The van der Waals surface area contributed by atoms with Crippen LogP contribution in [0, 0.1) is 17.0 Å². The number of nitrogens with one attached hydrogen (secondary N) is 2. The minimum absolute atomic E-state index is 0. The summed E-state index contributed by atoms with van der Waals surface area (Å²) >= 11 is 0. The Morgan fingerprint density at radius 3 is 2.35 bits per heavy atom. The molecule has 0 aromatic heterocycles. The van der Waals surface area contributed by atoms with Crippen LogP contribution in [0.1, 0.15) is 35.3 Å². The van der Waals surface area contributed by atoms with Gasteiger partial charge in [-0.15, -0.1) is 12.4 Å². The van der Waals surface area contributed by atoms with Crippen molar-refractivity contribution < 1.29 is 27.8 Å². The number of benzene rings is 3. The third kappa shape index (κ3) is 8.52. The predicted octanol–water partition coefficient (Wildman–Crippen LogP) is 4.66. The van der Waals surface area contributed by atoms with Crippen molar-refractivity contribution in [3.63, 3.8) is 0 Å². The Hall–Kier alpha value is -3.53. The highest BCUT2D eigenvalue weighted by atomic mass is 35.5. The highest BCUT2D eigenvalue weighted by Crippen LogP contribution is 2.30. The van der Waals surface area contributed by atoms with Gasteiger partial charge in [-0.3, -0.25) is 10.2 Å². The van der Waals surface area contributed by atoms with Crippen LogP contribution >= 0.6 is 12.4 Å². The van der Waals surface area contributed by atoms with Crippen molar-refractivity contribution >= 4 is 24.1 Å². The number of nitrogens with two attached hydrogens (primary N) is 1. The van der Waals surface area contributed by atoms with Gasteiger partial charge < -0.3 is 25.3 Å². The standard InChI is InChI=1S/C27H29F2N3O4.ClH/c1-2-35-25(27(33)32-16-18-8-10-20(11-9-18)26(30)31)23-21(28)12-13-22(24(23)29)36-15-14-34-17-19-6-4-3-5-7-19;/h3-13,25H,2,14-17H2,1H3,(H3,30,31)(H,32,33);1H/t25-;/m0./s1. The summed E-state index contributed by atoms with van der Waals surface area (Å²) in [5.74, 6) is -2.89. The molecule has 1 amide bonds. The van der Waals surface area contributed by atoms with Gasteiger partial charge in [-0.05, 0) is 30.2 Å². The van der Waals surface area contributed by atoms with Gasteiger partial charge >= 0.3 is 0 Å². The van der Waals surface area contributed by atoms with Gasteiger partial charge in [0.05, 0.1) is 18.8 Å². The molecule has 0 radical (unpaired) electrons. The first-order valence-corrected chi connectivity index (χ1v) is 11.5. The third-order valence-electron chi connectivity index (χ3n) is 5.25. The molecule has 0 aliphatic carbocycles. The number of amides is 1. The van der Waals surface area contributed by atoms with Crippen LogP contribution in [0.2, 0.25) is 0 Å². The van der Waals surface area contributed by atoms with Gasteiger partial charge in [-0.25, -0.2) is 8.78 Å². The van der Waals surface area contributed by atoms with Crippen molar-refractivity contribution in [1.82, 2.24) is 5.32 Å². The van der Waals surface area contributed by atoms with Gasteiger partial charge in [-0.2, -0.15) is 0 Å². The average Bonchev–Trinajstić information content (AvgIpc) is 2.88. The number of rotatable bonds is 13. The number of carbonyl (C=O) groups is 1. The second-order valence-electron chi connectivity index (χ2n) is 7.82. The maximum Gasteiger partial charge on any atom is 0.254 e. The Bertz CT molecular complexity index is 1160. The number of ether oxygens (including phenoxy) is 3. The van der Waals surface area contributed by atoms with E-state index in [1.807, 2.05) is 30.3 Å². The Labute approximate surface area is 220 Å². The predicted molar refractivity (Wildman–Crippen MR) is 139 cm³/mol. The summed E-state index contributed by atoms with van der Waals surface area (Å²) in [6, 6.07) is 18.5. The van der Waals surface area contributed by atoms with Crippen molar-refractivity contribution in [2.75, 3.05) is 19.8 Å². The maximum atomic E-state index is 15.2. The van der Waals surface area contributed by atoms with E-state index in [9.17, 15) is 9.18 Å². The topological polar surface area (TPSA) is 107 Å². The quantitative estimate of drug-likeness (QED) is 0.168. The highest BCUT2D eigenvalue weighted by molar-refractivity contribution is 5.94. The number of hydrogen-bond donors (Lipinski definition) is 3. The highest BCUT2D eigenvalue weighted by Gasteiger charge is 2.29. The number of halogens is 3. The van der Waals surface area contributed by atoms with Gasteiger partial charge in [0.2, 0.25) is 0 Å². The van der Waals surface area contributed by atoms with Crippen molar-refractivity contribution in [3.05, 3.63) is 101 Å². The lowest BCUT2D eigenvalue weighted by Gasteiger charge is -2.20. The summed E-state index contributed by atoms with van der Waals surface area (Å²) in [6.07, 6.45) is -1.51. The smallest absolute Gasteiger partial charge is 0.254 e. The van der Waals surface area contributed by atoms with Crippen LogP contribution < -0.4 is 15.8 Å². The number of amidine groups is 1. The molecule has 0 fully saturated rings. The lowest BCUT2D eigenvalue weighted by Crippen LogP contribution is -2.32. The van der Waals surface area contributed by atoms with Crippen molar-refractivity contribution in [3.8, 4) is 5.75 Å². The minimum Gasteiger partial charge on any atom is -0.488 e. The van der Waals surface area contributed by atoms with Gasteiger partial charge in [0.25, 0.3) is 5.91 Å². The van der Waals surface area contributed by atoms with Crippen molar-refractivity contribution in [2.45, 2.75) is 26.2 Å². The molecule has 3 aromatic carbocycles. The third-order valence-corrected chi connectivity index (χ3v) is 5.25. The van der Waals surface area contributed by atoms with Crippen LogP contribution in [-0.4, -0.2) is 31.6 Å². The minimum atomic E-state index is -1.51. The van der Waals surface area contributed by atoms with E-state index in [1.165, 1.54) is 6.07 Å². The molecule has 4 N–H and O–H groups in total. The van der Waals surface area contributed by atoms with E-state index < -0.39 is 29.2 Å². The van der Waals surface area contributed by atoms with Gasteiger partial charge in [0.15, 0.2) is 17.7 Å². The van der Waals surface area contributed by atoms with E-state index in [0.29, 0.717) is 12.2 Å². The number of nitrogen functional groups attached to an aromatic ring is 1. The first kappa shape index (κ1) is 29.7. The fraction of sp³-hybridized carbons (Fsp3) is 0.259. The first-order valence-electron chi connectivity index (χ1n) is 11.5. The van der Waals surface area contributed by atoms with Crippen LogP contribution in [0.5, 0.6) is 5.75 Å². The SMILES string of the molecule is CCO[C@H](C(=O)NCc1ccc(C(=N)N)cc1)c1c(F)ccc(OCCOCc2ccccc2)c1F.Cl. The summed E-state index contributed by atoms with van der Waals surface area (Å²) < 4.78 is 46.3. The van der Waals surface area contributed by atoms with E-state index >= 15 is 4.39 Å². The molecule has 37 heavy (non-hydrogen) atoms. The second-order valence-corrected chi connectivity index (χ2v) is 7.82. The Kier molecular flexibility index (Phi) is 12.0. The number of carbonyl (C=O) groups excluding carboxylic acids is 1. The van der Waals surface area contributed by atoms with Gasteiger partial charge in [0, 0.05) is 18.7 Å². The number of hydrogen-bond acceptors (Lipinski definition) is 5. The van der Waals surface area contributed by atoms with Crippen molar-refractivity contribution in [2.24, 2.45) is 5.73 Å². The zero-order valence-corrected chi connectivity index (χ0v) is 21.2. The maximum absolute atomic E-state index is 15.2. The zero-order chi connectivity index (χ0) is 25.9. The van der Waals surface area contributed by atoms with Crippen LogP contribution in [0.15, 0.2) is 66.7 Å². The van der Waals surface area contributed by atoms with Crippen LogP contribution in [0.25, 0.3) is 0 Å². The molecule has 1 atom stereocenters. The fourth-order valence-corrected chi connectivity index (χ4v) is 3.42. The molecule has 3 rings (SSSR count). The first-order chi connectivity index (χ1) is 17.4. The molecule has 0 spiro atoms. The second kappa shape index (κ2) is 14.9. The zero-order valence-electron chi connectivity index (χ0n) is 20.3. The van der Waals surface area contributed by atoms with E-state index in [-0.39, 0.29) is 50.4 Å². The lowest BCUT2D eigenvalue weighted by atomic mass is 10.1. The Balaban J connectivity index is 0.00000481. The summed E-state index contributed by atoms with van der Waals surface area (Å²) in [5.41, 5.74) is 7.18. The summed E-state index contributed by atoms with van der Waals surface area (Å²) in [4.78, 5) is 12.8. The van der Waals surface area contributed by atoms with Crippen LogP contribution in [-0.2, 0) is 27.4 Å². The molecule has 0 saturated carbocycles. The van der Waals surface area contributed by atoms with Crippen LogP contribution in [0.3, 0.4) is 0 Å². The normalized spacial score (nSPS) is 11.3. The molecule has 0 heterocycles. The van der Waals surface area contributed by atoms with Gasteiger partial charge in [0.1, 0.15) is 18.3 Å². The van der Waals surface area contributed by atoms with E-state index in [4.69, 9.17) is 25.4 Å². The molecule has 0 aliphatic heterocycles. The molecule has 7 nitrogen and oxygen atoms in total. The molecule has 198 valence electrons. The molecule has 0 unspecified atom stereocenters. The van der Waals surface area contributed by atoms with Gasteiger partial charge in [-0.1, -0.05) is 54.6 Å². The van der Waals surface area contributed by atoms with E-state index in [0.717, 1.165) is 17.2 Å². The molecule has 0 bridgehead atoms. The lowest BCUT2D eigenvalue weighted by molar-refractivity contribution is -0.133. The molecule has 10 heteroatoms. The summed E-state index contributed by atoms with van der Waals surface area (Å²) in [6.45, 7) is 2.39. The molecule has 3 aromatic rings. The van der Waals surface area contributed by atoms with Crippen LogP contribution in [0.4, 0.5) is 8.78 Å². The molecular formula is C27H30ClF2N3O4. The van der Waals surface area contributed by atoms with E-state index in [2.05, 4.69) is 5.32 Å². The Morgan fingerprint density at radius 1 is 1.00 bits per heavy atom. The summed E-state index contributed by atoms with van der Waals surface area (Å²) in [5, 5.41) is 10.1. The van der Waals surface area contributed by atoms with E-state index in [1.54, 1.807) is 31.2 Å². The van der Waals surface area contributed by atoms with Crippen molar-refractivity contribution in [1.29, 1.82) is 5.41 Å². The largest absolute Gasteiger partial charge is 0.488 e. The fourth-order valence-electron chi connectivity index (χ4n) is 3.42. The molecular weight excluding hydrogens is 504 g/mol. The average molecular weight is 534 g/mol. The molecule has 0 aliphatic rings. The monoisotopic (exact) mass is 533 g/mol.